The molecule has 1 aromatic carbocycles. The SMILES string of the molecule is OC1CCN(Cc2ccccc2CN=C(NCCc2ccco2)NCC2CCCO2)C1. The topological polar surface area (TPSA) is 82.3 Å². The molecule has 2 unspecified atom stereocenters. The van der Waals surface area contributed by atoms with Crippen molar-refractivity contribution in [2.24, 2.45) is 4.99 Å². The van der Waals surface area contributed by atoms with Crippen molar-refractivity contribution in [2.75, 3.05) is 32.8 Å². The second kappa shape index (κ2) is 11.3. The van der Waals surface area contributed by atoms with Crippen LogP contribution in [-0.4, -0.2) is 61.0 Å². The zero-order valence-corrected chi connectivity index (χ0v) is 18.1. The van der Waals surface area contributed by atoms with Crippen LogP contribution in [0.5, 0.6) is 0 Å². The van der Waals surface area contributed by atoms with Gasteiger partial charge in [-0.05, 0) is 42.5 Å². The van der Waals surface area contributed by atoms with Crippen LogP contribution < -0.4 is 10.6 Å². The number of ether oxygens (including phenoxy) is 1. The number of guanidine groups is 1. The number of nitrogens with zero attached hydrogens (tertiary/aromatic N) is 2. The fourth-order valence-electron chi connectivity index (χ4n) is 4.18. The smallest absolute Gasteiger partial charge is 0.191 e. The molecular weight excluding hydrogens is 392 g/mol. The van der Waals surface area contributed by atoms with E-state index in [9.17, 15) is 5.11 Å². The number of aliphatic hydroxyl groups excluding tert-OH is 1. The van der Waals surface area contributed by atoms with Gasteiger partial charge in [0, 0.05) is 45.8 Å². The lowest BCUT2D eigenvalue weighted by atomic mass is 10.1. The number of nitrogens with one attached hydrogen (secondary N) is 2. The third kappa shape index (κ3) is 6.82. The maximum Gasteiger partial charge on any atom is 0.191 e. The molecule has 2 aromatic rings. The Labute approximate surface area is 184 Å². The van der Waals surface area contributed by atoms with E-state index in [1.165, 1.54) is 11.1 Å². The summed E-state index contributed by atoms with van der Waals surface area (Å²) in [4.78, 5) is 7.18. The summed E-state index contributed by atoms with van der Waals surface area (Å²) in [6, 6.07) is 12.4. The van der Waals surface area contributed by atoms with Gasteiger partial charge in [-0.2, -0.15) is 0 Å². The maximum absolute atomic E-state index is 9.83. The predicted molar refractivity (Wildman–Crippen MR) is 121 cm³/mol. The Morgan fingerprint density at radius 2 is 2.03 bits per heavy atom. The van der Waals surface area contributed by atoms with Gasteiger partial charge in [-0.1, -0.05) is 24.3 Å². The molecule has 0 bridgehead atoms. The molecule has 2 aliphatic heterocycles. The van der Waals surface area contributed by atoms with Crippen LogP contribution in [0.15, 0.2) is 52.1 Å². The van der Waals surface area contributed by atoms with E-state index in [4.69, 9.17) is 14.1 Å². The van der Waals surface area contributed by atoms with Crippen LogP contribution in [0.3, 0.4) is 0 Å². The Balaban J connectivity index is 1.37. The van der Waals surface area contributed by atoms with Crippen LogP contribution in [0, 0.1) is 0 Å². The van der Waals surface area contributed by atoms with E-state index < -0.39 is 0 Å². The molecule has 3 heterocycles. The monoisotopic (exact) mass is 426 g/mol. The molecule has 2 fully saturated rings. The lowest BCUT2D eigenvalue weighted by Crippen LogP contribution is -2.42. The first kappa shape index (κ1) is 21.9. The van der Waals surface area contributed by atoms with Crippen LogP contribution in [0.25, 0.3) is 0 Å². The molecule has 2 saturated heterocycles. The van der Waals surface area contributed by atoms with Gasteiger partial charge in [0.2, 0.25) is 0 Å². The minimum absolute atomic E-state index is 0.197. The molecule has 2 atom stereocenters. The van der Waals surface area contributed by atoms with Gasteiger partial charge in [0.05, 0.1) is 25.0 Å². The second-order valence-corrected chi connectivity index (χ2v) is 8.38. The summed E-state index contributed by atoms with van der Waals surface area (Å²) in [5.74, 6) is 1.76. The molecule has 0 radical (unpaired) electrons. The molecule has 0 saturated carbocycles. The summed E-state index contributed by atoms with van der Waals surface area (Å²) in [5.41, 5.74) is 2.49. The third-order valence-electron chi connectivity index (χ3n) is 5.93. The Morgan fingerprint density at radius 3 is 2.77 bits per heavy atom. The summed E-state index contributed by atoms with van der Waals surface area (Å²) in [5, 5.41) is 16.7. The molecule has 31 heavy (non-hydrogen) atoms. The number of rotatable bonds is 9. The van der Waals surface area contributed by atoms with Crippen LogP contribution in [0.4, 0.5) is 0 Å². The van der Waals surface area contributed by atoms with Crippen molar-refractivity contribution in [1.82, 2.24) is 15.5 Å². The lowest BCUT2D eigenvalue weighted by Gasteiger charge is -2.18. The van der Waals surface area contributed by atoms with Gasteiger partial charge in [0.15, 0.2) is 5.96 Å². The first-order valence-corrected chi connectivity index (χ1v) is 11.4. The molecule has 7 nitrogen and oxygen atoms in total. The summed E-state index contributed by atoms with van der Waals surface area (Å²) in [7, 11) is 0. The minimum atomic E-state index is -0.197. The number of likely N-dealkylation sites (tertiary alicyclic amines) is 1. The zero-order chi connectivity index (χ0) is 21.3. The van der Waals surface area contributed by atoms with Crippen molar-refractivity contribution < 1.29 is 14.3 Å². The Hall–Kier alpha value is -2.35. The molecule has 7 heteroatoms. The van der Waals surface area contributed by atoms with E-state index >= 15 is 0 Å². The minimum Gasteiger partial charge on any atom is -0.469 e. The molecule has 168 valence electrons. The van der Waals surface area contributed by atoms with E-state index in [-0.39, 0.29) is 12.2 Å². The van der Waals surface area contributed by atoms with Crippen LogP contribution in [0.1, 0.15) is 36.1 Å². The van der Waals surface area contributed by atoms with Crippen molar-refractivity contribution >= 4 is 5.96 Å². The number of hydrogen-bond donors (Lipinski definition) is 3. The van der Waals surface area contributed by atoms with E-state index in [0.29, 0.717) is 6.54 Å². The number of aliphatic imine (C=N–C) groups is 1. The highest BCUT2D eigenvalue weighted by Gasteiger charge is 2.21. The van der Waals surface area contributed by atoms with Gasteiger partial charge in [0.1, 0.15) is 5.76 Å². The van der Waals surface area contributed by atoms with E-state index in [0.717, 1.165) is 76.7 Å². The van der Waals surface area contributed by atoms with Gasteiger partial charge >= 0.3 is 0 Å². The Bertz CT molecular complexity index is 818. The molecule has 0 aliphatic carbocycles. The van der Waals surface area contributed by atoms with Crippen molar-refractivity contribution in [3.63, 3.8) is 0 Å². The van der Waals surface area contributed by atoms with Crippen LogP contribution in [-0.2, 0) is 24.2 Å². The molecule has 4 rings (SSSR count). The van der Waals surface area contributed by atoms with Gasteiger partial charge in [0.25, 0.3) is 0 Å². The highest BCUT2D eigenvalue weighted by molar-refractivity contribution is 5.79. The first-order chi connectivity index (χ1) is 15.3. The summed E-state index contributed by atoms with van der Waals surface area (Å²) in [6.45, 7) is 5.52. The maximum atomic E-state index is 9.83. The number of furan rings is 1. The molecular formula is C24H34N4O3. The zero-order valence-electron chi connectivity index (χ0n) is 18.1. The van der Waals surface area contributed by atoms with E-state index in [2.05, 4.69) is 39.8 Å². The van der Waals surface area contributed by atoms with Crippen LogP contribution >= 0.6 is 0 Å². The van der Waals surface area contributed by atoms with Gasteiger partial charge in [-0.3, -0.25) is 4.90 Å². The Kier molecular flexibility index (Phi) is 7.98. The second-order valence-electron chi connectivity index (χ2n) is 8.38. The van der Waals surface area contributed by atoms with Gasteiger partial charge in [-0.25, -0.2) is 4.99 Å². The lowest BCUT2D eigenvalue weighted by molar-refractivity contribution is 0.114. The molecule has 0 spiro atoms. The number of β-amino-alcohol motifs (C(OH)–C–C–N with tert-alkyl or cyclic N) is 1. The molecule has 1 aromatic heterocycles. The highest BCUT2D eigenvalue weighted by Crippen LogP contribution is 2.17. The average Bonchev–Trinajstić information content (AvgIpc) is 3.54. The van der Waals surface area contributed by atoms with Gasteiger partial charge < -0.3 is 24.9 Å². The van der Waals surface area contributed by atoms with Crippen LogP contribution in [0.2, 0.25) is 0 Å². The summed E-state index contributed by atoms with van der Waals surface area (Å²) in [6.07, 6.45) is 5.65. The van der Waals surface area contributed by atoms with E-state index in [1.807, 2.05) is 12.1 Å². The number of aliphatic hydroxyl groups is 1. The quantitative estimate of drug-likeness (QED) is 0.422. The first-order valence-electron chi connectivity index (χ1n) is 11.4. The van der Waals surface area contributed by atoms with Gasteiger partial charge in [-0.15, -0.1) is 0 Å². The summed E-state index contributed by atoms with van der Waals surface area (Å²) >= 11 is 0. The normalized spacial score (nSPS) is 22.2. The third-order valence-corrected chi connectivity index (χ3v) is 5.93. The highest BCUT2D eigenvalue weighted by atomic mass is 16.5. The molecule has 3 N–H and O–H groups in total. The molecule has 2 aliphatic rings. The van der Waals surface area contributed by atoms with Crippen molar-refractivity contribution in [1.29, 1.82) is 0 Å². The summed E-state index contributed by atoms with van der Waals surface area (Å²) < 4.78 is 11.2. The Morgan fingerprint density at radius 1 is 1.13 bits per heavy atom. The number of hydrogen-bond acceptors (Lipinski definition) is 5. The standard InChI is InChI=1S/C24H34N4O3/c29-21-10-12-28(18-21)17-20-6-2-1-5-19(20)15-26-24(27-16-23-8-4-14-31-23)25-11-9-22-7-3-13-30-22/h1-3,5-7,13,21,23,29H,4,8-12,14-18H2,(H2,25,26,27). The molecule has 0 amide bonds. The van der Waals surface area contributed by atoms with Crippen molar-refractivity contribution in [3.8, 4) is 0 Å². The average molecular weight is 427 g/mol. The van der Waals surface area contributed by atoms with Crippen molar-refractivity contribution in [2.45, 2.75) is 51.0 Å². The predicted octanol–water partition coefficient (Wildman–Crippen LogP) is 2.30. The number of benzene rings is 1. The fourth-order valence-corrected chi connectivity index (χ4v) is 4.18. The van der Waals surface area contributed by atoms with Crippen molar-refractivity contribution in [3.05, 3.63) is 59.5 Å². The fraction of sp³-hybridized carbons (Fsp3) is 0.542. The largest absolute Gasteiger partial charge is 0.469 e. The van der Waals surface area contributed by atoms with E-state index in [1.54, 1.807) is 6.26 Å².